The van der Waals surface area contributed by atoms with E-state index >= 15 is 0 Å². The lowest BCUT2D eigenvalue weighted by Gasteiger charge is -2.63. The number of sulfone groups is 1. The van der Waals surface area contributed by atoms with Crippen molar-refractivity contribution in [2.75, 3.05) is 18.2 Å². The van der Waals surface area contributed by atoms with Crippen LogP contribution in [0.1, 0.15) is 31.2 Å². The predicted octanol–water partition coefficient (Wildman–Crippen LogP) is 2.77. The van der Waals surface area contributed by atoms with Crippen LogP contribution in [0.3, 0.4) is 0 Å². The molecule has 22 heavy (non-hydrogen) atoms. The molecule has 4 nitrogen and oxygen atoms in total. The molecule has 120 valence electrons. The lowest BCUT2D eigenvalue weighted by Crippen LogP contribution is -2.68. The molecule has 3 fully saturated rings. The van der Waals surface area contributed by atoms with Gasteiger partial charge in [0.05, 0.1) is 11.0 Å². The molecule has 3 aliphatic rings. The molecule has 1 heterocycles. The zero-order valence-corrected chi connectivity index (χ0v) is 13.9. The number of rotatable bonds is 3. The first-order valence-electron chi connectivity index (χ1n) is 8.11. The standard InChI is InChI=1S/C17H23NO3S/c1-11-4-5-12(10-14(11)22(2,19)20)18-15-13-6-9-21-16(13)17(15)7-3-8-17/h4-5,10,13,15-16,18H,3,6-9H2,1-2H3/t13-,15+,16+/m0/s1. The van der Waals surface area contributed by atoms with Crippen LogP contribution in [0.15, 0.2) is 23.1 Å². The summed E-state index contributed by atoms with van der Waals surface area (Å²) < 4.78 is 29.7. The molecule has 4 rings (SSSR count). The molecule has 2 aliphatic carbocycles. The summed E-state index contributed by atoms with van der Waals surface area (Å²) in [6, 6.07) is 6.12. The van der Waals surface area contributed by atoms with E-state index in [1.807, 2.05) is 19.1 Å². The van der Waals surface area contributed by atoms with Crippen LogP contribution in [0.25, 0.3) is 0 Å². The van der Waals surface area contributed by atoms with Crippen molar-refractivity contribution in [2.24, 2.45) is 11.3 Å². The van der Waals surface area contributed by atoms with Crippen molar-refractivity contribution in [3.63, 3.8) is 0 Å². The highest BCUT2D eigenvalue weighted by atomic mass is 32.2. The number of fused-ring (bicyclic) bond motifs is 2. The van der Waals surface area contributed by atoms with Gasteiger partial charge in [-0.15, -0.1) is 0 Å². The Balaban J connectivity index is 1.61. The van der Waals surface area contributed by atoms with Crippen molar-refractivity contribution < 1.29 is 13.2 Å². The maximum atomic E-state index is 11.9. The molecular weight excluding hydrogens is 298 g/mol. The smallest absolute Gasteiger partial charge is 0.175 e. The zero-order chi connectivity index (χ0) is 15.5. The molecule has 1 aromatic carbocycles. The molecule has 1 aromatic rings. The van der Waals surface area contributed by atoms with Crippen molar-refractivity contribution in [3.05, 3.63) is 23.8 Å². The monoisotopic (exact) mass is 321 g/mol. The first kappa shape index (κ1) is 14.5. The van der Waals surface area contributed by atoms with Gasteiger partial charge in [0, 0.05) is 35.9 Å². The number of benzene rings is 1. The molecule has 0 radical (unpaired) electrons. The molecule has 3 atom stereocenters. The Morgan fingerprint density at radius 3 is 2.73 bits per heavy atom. The molecule has 1 spiro atoms. The summed E-state index contributed by atoms with van der Waals surface area (Å²) in [4.78, 5) is 0.429. The van der Waals surface area contributed by atoms with Crippen molar-refractivity contribution in [2.45, 2.75) is 49.6 Å². The highest BCUT2D eigenvalue weighted by Gasteiger charge is 2.66. The van der Waals surface area contributed by atoms with Crippen LogP contribution in [0.4, 0.5) is 5.69 Å². The van der Waals surface area contributed by atoms with Crippen molar-refractivity contribution in [1.29, 1.82) is 0 Å². The second-order valence-electron chi connectivity index (χ2n) is 7.21. The van der Waals surface area contributed by atoms with Crippen LogP contribution in [0.5, 0.6) is 0 Å². The van der Waals surface area contributed by atoms with Crippen LogP contribution in [0.2, 0.25) is 0 Å². The Bertz CT molecular complexity index is 709. The van der Waals surface area contributed by atoms with E-state index in [1.165, 1.54) is 25.5 Å². The molecular formula is C17H23NO3S. The van der Waals surface area contributed by atoms with Crippen LogP contribution in [-0.2, 0) is 14.6 Å². The quantitative estimate of drug-likeness (QED) is 0.930. The molecule has 1 saturated heterocycles. The number of anilines is 1. The number of ether oxygens (including phenoxy) is 1. The van der Waals surface area contributed by atoms with Crippen molar-refractivity contribution in [1.82, 2.24) is 0 Å². The Labute approximate surface area is 132 Å². The predicted molar refractivity (Wildman–Crippen MR) is 85.8 cm³/mol. The number of hydrogen-bond donors (Lipinski definition) is 1. The minimum absolute atomic E-state index is 0.303. The fraction of sp³-hybridized carbons (Fsp3) is 0.647. The van der Waals surface area contributed by atoms with E-state index in [9.17, 15) is 8.42 Å². The SMILES string of the molecule is Cc1ccc(N[C@@H]2[C@@H]3CCO[C@H]3C23CCC3)cc1S(C)(=O)=O. The van der Waals surface area contributed by atoms with Crippen molar-refractivity contribution in [3.8, 4) is 0 Å². The fourth-order valence-electron chi connectivity index (χ4n) is 4.72. The van der Waals surface area contributed by atoms with Gasteiger partial charge in [-0.25, -0.2) is 8.42 Å². The first-order valence-corrected chi connectivity index (χ1v) is 10.00. The fourth-order valence-corrected chi connectivity index (χ4v) is 5.72. The zero-order valence-electron chi connectivity index (χ0n) is 13.1. The molecule has 1 N–H and O–H groups in total. The summed E-state index contributed by atoms with van der Waals surface area (Å²) in [6.07, 6.45) is 6.57. The summed E-state index contributed by atoms with van der Waals surface area (Å²) in [6.45, 7) is 2.72. The lowest BCUT2D eigenvalue weighted by atomic mass is 9.46. The van der Waals surface area contributed by atoms with Crippen LogP contribution in [0, 0.1) is 18.3 Å². The molecule has 0 aromatic heterocycles. The van der Waals surface area contributed by atoms with E-state index in [1.54, 1.807) is 6.07 Å². The maximum Gasteiger partial charge on any atom is 0.175 e. The van der Waals surface area contributed by atoms with E-state index in [2.05, 4.69) is 5.32 Å². The third kappa shape index (κ3) is 1.95. The molecule has 5 heteroatoms. The highest BCUT2D eigenvalue weighted by Crippen LogP contribution is 2.63. The van der Waals surface area contributed by atoms with E-state index in [4.69, 9.17) is 4.74 Å². The van der Waals surface area contributed by atoms with Crippen LogP contribution < -0.4 is 5.32 Å². The van der Waals surface area contributed by atoms with Gasteiger partial charge >= 0.3 is 0 Å². The largest absolute Gasteiger partial charge is 0.381 e. The van der Waals surface area contributed by atoms with Crippen LogP contribution in [-0.4, -0.2) is 33.4 Å². The molecule has 0 amide bonds. The molecule has 0 unspecified atom stereocenters. The second kappa shape index (κ2) is 4.71. The Hall–Kier alpha value is -1.07. The van der Waals surface area contributed by atoms with Gasteiger partial charge in [-0.2, -0.15) is 0 Å². The third-order valence-electron chi connectivity index (χ3n) is 5.95. The van der Waals surface area contributed by atoms with Gasteiger partial charge in [-0.1, -0.05) is 12.5 Å². The lowest BCUT2D eigenvalue weighted by molar-refractivity contribution is -0.158. The summed E-state index contributed by atoms with van der Waals surface area (Å²) >= 11 is 0. The average Bonchev–Trinajstić information content (AvgIpc) is 2.80. The second-order valence-corrected chi connectivity index (χ2v) is 9.19. The van der Waals surface area contributed by atoms with Gasteiger partial charge < -0.3 is 10.1 Å². The number of nitrogens with one attached hydrogen (secondary N) is 1. The summed E-state index contributed by atoms with van der Waals surface area (Å²) in [5, 5.41) is 3.64. The third-order valence-corrected chi connectivity index (χ3v) is 7.18. The van der Waals surface area contributed by atoms with Gasteiger partial charge in [-0.05, 0) is 43.9 Å². The van der Waals surface area contributed by atoms with Gasteiger partial charge in [0.25, 0.3) is 0 Å². The van der Waals surface area contributed by atoms with Crippen LogP contribution >= 0.6 is 0 Å². The topological polar surface area (TPSA) is 55.4 Å². The first-order chi connectivity index (χ1) is 10.4. The summed E-state index contributed by atoms with van der Waals surface area (Å²) in [7, 11) is -3.18. The van der Waals surface area contributed by atoms with Crippen molar-refractivity contribution >= 4 is 15.5 Å². The Morgan fingerprint density at radius 2 is 2.09 bits per heavy atom. The van der Waals surface area contributed by atoms with E-state index < -0.39 is 9.84 Å². The molecule has 0 bridgehead atoms. The summed E-state index contributed by atoms with van der Waals surface area (Å²) in [5.74, 6) is 0.586. The van der Waals surface area contributed by atoms with Gasteiger partial charge in [0.15, 0.2) is 9.84 Å². The van der Waals surface area contributed by atoms with Gasteiger partial charge in [-0.3, -0.25) is 0 Å². The Kier molecular flexibility index (Phi) is 3.11. The normalized spacial score (nSPS) is 32.2. The van der Waals surface area contributed by atoms with E-state index in [-0.39, 0.29) is 0 Å². The minimum atomic E-state index is -3.18. The number of hydrogen-bond acceptors (Lipinski definition) is 4. The van der Waals surface area contributed by atoms with Gasteiger partial charge in [0.1, 0.15) is 0 Å². The van der Waals surface area contributed by atoms with E-state index in [0.717, 1.165) is 24.3 Å². The maximum absolute atomic E-state index is 11.9. The summed E-state index contributed by atoms with van der Waals surface area (Å²) in [5.41, 5.74) is 2.03. The molecule has 2 saturated carbocycles. The van der Waals surface area contributed by atoms with Gasteiger partial charge in [0.2, 0.25) is 0 Å². The molecule has 1 aliphatic heterocycles. The van der Waals surface area contributed by atoms with E-state index in [0.29, 0.717) is 28.4 Å². The average molecular weight is 321 g/mol. The Morgan fingerprint density at radius 1 is 1.32 bits per heavy atom. The highest BCUT2D eigenvalue weighted by molar-refractivity contribution is 7.90. The number of aryl methyl sites for hydroxylation is 1. The minimum Gasteiger partial charge on any atom is -0.381 e.